The standard InChI is InChI=1S/C13H18FN3O2/c1-16-3-2-4-17(6-5-16)12-8-10(14)9(13(18)19)7-11(12)15/h7-8H,2-6,15H2,1H3,(H,18,19). The summed E-state index contributed by atoms with van der Waals surface area (Å²) in [4.78, 5) is 15.1. The first-order valence-corrected chi connectivity index (χ1v) is 6.25. The summed E-state index contributed by atoms with van der Waals surface area (Å²) in [7, 11) is 2.04. The van der Waals surface area contributed by atoms with Crippen LogP contribution in [0.3, 0.4) is 0 Å². The molecule has 1 aromatic rings. The van der Waals surface area contributed by atoms with Crippen LogP contribution < -0.4 is 10.6 Å². The number of halogens is 1. The lowest BCUT2D eigenvalue weighted by atomic mass is 10.1. The summed E-state index contributed by atoms with van der Waals surface area (Å²) in [5.41, 5.74) is 6.37. The minimum absolute atomic E-state index is 0.309. The second kappa shape index (κ2) is 5.44. The van der Waals surface area contributed by atoms with Gasteiger partial charge in [-0.3, -0.25) is 0 Å². The highest BCUT2D eigenvalue weighted by Crippen LogP contribution is 2.27. The van der Waals surface area contributed by atoms with E-state index in [4.69, 9.17) is 10.8 Å². The molecule has 1 aromatic carbocycles. The molecule has 104 valence electrons. The molecule has 2 rings (SSSR count). The van der Waals surface area contributed by atoms with Gasteiger partial charge in [-0.15, -0.1) is 0 Å². The molecule has 0 atom stereocenters. The molecule has 19 heavy (non-hydrogen) atoms. The topological polar surface area (TPSA) is 69.8 Å². The second-order valence-corrected chi connectivity index (χ2v) is 4.84. The molecule has 0 radical (unpaired) electrons. The summed E-state index contributed by atoms with van der Waals surface area (Å²) in [5.74, 6) is -2.04. The Morgan fingerprint density at radius 1 is 1.32 bits per heavy atom. The number of hydrogen-bond acceptors (Lipinski definition) is 4. The Balaban J connectivity index is 2.29. The lowest BCUT2D eigenvalue weighted by molar-refractivity contribution is 0.0692. The number of benzene rings is 1. The van der Waals surface area contributed by atoms with E-state index in [1.54, 1.807) is 0 Å². The second-order valence-electron chi connectivity index (χ2n) is 4.84. The van der Waals surface area contributed by atoms with Gasteiger partial charge in [-0.25, -0.2) is 9.18 Å². The Morgan fingerprint density at radius 2 is 2.05 bits per heavy atom. The minimum Gasteiger partial charge on any atom is -0.478 e. The molecule has 1 fully saturated rings. The Morgan fingerprint density at radius 3 is 2.74 bits per heavy atom. The summed E-state index contributed by atoms with van der Waals surface area (Å²) in [6, 6.07) is 2.42. The Bertz CT molecular complexity index is 493. The third kappa shape index (κ3) is 2.96. The summed E-state index contributed by atoms with van der Waals surface area (Å²) >= 11 is 0. The normalized spacial score (nSPS) is 17.3. The first-order valence-electron chi connectivity index (χ1n) is 6.25. The van der Waals surface area contributed by atoms with Crippen LogP contribution in [0.2, 0.25) is 0 Å². The van der Waals surface area contributed by atoms with Crippen molar-refractivity contribution in [3.05, 3.63) is 23.5 Å². The number of nitrogen functional groups attached to an aromatic ring is 1. The first kappa shape index (κ1) is 13.6. The van der Waals surface area contributed by atoms with Gasteiger partial charge in [0.2, 0.25) is 0 Å². The summed E-state index contributed by atoms with van der Waals surface area (Å²) in [5, 5.41) is 8.86. The van der Waals surface area contributed by atoms with Crippen molar-refractivity contribution in [2.24, 2.45) is 0 Å². The van der Waals surface area contributed by atoms with Gasteiger partial charge in [0.25, 0.3) is 0 Å². The maximum Gasteiger partial charge on any atom is 0.338 e. The number of nitrogens with zero attached hydrogens (tertiary/aromatic N) is 2. The molecule has 0 aromatic heterocycles. The smallest absolute Gasteiger partial charge is 0.338 e. The van der Waals surface area contributed by atoms with Gasteiger partial charge in [-0.1, -0.05) is 0 Å². The maximum atomic E-state index is 13.7. The summed E-state index contributed by atoms with van der Waals surface area (Å²) in [6.45, 7) is 3.42. The highest BCUT2D eigenvalue weighted by Gasteiger charge is 2.19. The third-order valence-corrected chi connectivity index (χ3v) is 3.41. The number of rotatable bonds is 2. The zero-order valence-electron chi connectivity index (χ0n) is 10.9. The van der Waals surface area contributed by atoms with E-state index in [9.17, 15) is 9.18 Å². The molecular formula is C13H18FN3O2. The van der Waals surface area contributed by atoms with Gasteiger partial charge in [0.15, 0.2) is 0 Å². The predicted molar refractivity (Wildman–Crippen MR) is 72.1 cm³/mol. The molecule has 0 bridgehead atoms. The average Bonchev–Trinajstić information content (AvgIpc) is 2.56. The monoisotopic (exact) mass is 267 g/mol. The van der Waals surface area contributed by atoms with Crippen molar-refractivity contribution < 1.29 is 14.3 Å². The number of nitrogens with two attached hydrogens (primary N) is 1. The number of carboxylic acid groups (broad SMARTS) is 1. The van der Waals surface area contributed by atoms with Gasteiger partial charge >= 0.3 is 5.97 Å². The van der Waals surface area contributed by atoms with Crippen LogP contribution in [0.5, 0.6) is 0 Å². The number of carbonyl (C=O) groups is 1. The van der Waals surface area contributed by atoms with Gasteiger partial charge in [0, 0.05) is 25.7 Å². The van der Waals surface area contributed by atoms with Gasteiger partial charge in [0.05, 0.1) is 16.9 Å². The van der Waals surface area contributed by atoms with E-state index in [-0.39, 0.29) is 5.56 Å². The maximum absolute atomic E-state index is 13.7. The highest BCUT2D eigenvalue weighted by atomic mass is 19.1. The number of likely N-dealkylation sites (N-methyl/N-ethyl adjacent to an activating group) is 1. The van der Waals surface area contributed by atoms with E-state index in [2.05, 4.69) is 4.90 Å². The van der Waals surface area contributed by atoms with Crippen LogP contribution in [0, 0.1) is 5.82 Å². The first-order chi connectivity index (χ1) is 8.99. The van der Waals surface area contributed by atoms with E-state index >= 15 is 0 Å². The van der Waals surface area contributed by atoms with Gasteiger partial charge in [-0.05, 0) is 26.1 Å². The highest BCUT2D eigenvalue weighted by molar-refractivity contribution is 5.91. The average molecular weight is 267 g/mol. The molecular weight excluding hydrogens is 249 g/mol. The SMILES string of the molecule is CN1CCCN(c2cc(F)c(C(=O)O)cc2N)CC1. The van der Waals surface area contributed by atoms with Gasteiger partial charge < -0.3 is 20.6 Å². The van der Waals surface area contributed by atoms with E-state index in [1.165, 1.54) is 12.1 Å². The lowest BCUT2D eigenvalue weighted by Crippen LogP contribution is -2.29. The zero-order valence-corrected chi connectivity index (χ0v) is 10.9. The van der Waals surface area contributed by atoms with Crippen LogP contribution in [0.4, 0.5) is 15.8 Å². The molecule has 1 aliphatic heterocycles. The molecule has 0 aliphatic carbocycles. The molecule has 1 aliphatic rings. The Labute approximate surface area is 111 Å². The molecule has 0 saturated carbocycles. The van der Waals surface area contributed by atoms with Crippen LogP contribution in [0.25, 0.3) is 0 Å². The molecule has 5 nitrogen and oxygen atoms in total. The molecule has 0 unspecified atom stereocenters. The molecule has 0 spiro atoms. The fourth-order valence-electron chi connectivity index (χ4n) is 2.30. The van der Waals surface area contributed by atoms with Crippen molar-refractivity contribution >= 4 is 17.3 Å². The fourth-order valence-corrected chi connectivity index (χ4v) is 2.30. The molecule has 1 saturated heterocycles. The van der Waals surface area contributed by atoms with Gasteiger partial charge in [0.1, 0.15) is 5.82 Å². The van der Waals surface area contributed by atoms with Gasteiger partial charge in [-0.2, -0.15) is 0 Å². The third-order valence-electron chi connectivity index (χ3n) is 3.41. The number of aromatic carboxylic acids is 1. The fraction of sp³-hybridized carbons (Fsp3) is 0.462. The molecule has 3 N–H and O–H groups in total. The Kier molecular flexibility index (Phi) is 3.90. The molecule has 1 heterocycles. The van der Waals surface area contributed by atoms with Crippen molar-refractivity contribution in [1.82, 2.24) is 4.90 Å². The molecule has 6 heteroatoms. The number of anilines is 2. The van der Waals surface area contributed by atoms with Crippen LogP contribution in [-0.4, -0.2) is 49.2 Å². The quantitative estimate of drug-likeness (QED) is 0.789. The van der Waals surface area contributed by atoms with Crippen molar-refractivity contribution in [2.45, 2.75) is 6.42 Å². The van der Waals surface area contributed by atoms with Crippen LogP contribution in [0.1, 0.15) is 16.8 Å². The lowest BCUT2D eigenvalue weighted by Gasteiger charge is -2.24. The van der Waals surface area contributed by atoms with Crippen LogP contribution >= 0.6 is 0 Å². The minimum atomic E-state index is -1.30. The number of carboxylic acids is 1. The van der Waals surface area contributed by atoms with Crippen LogP contribution in [0.15, 0.2) is 12.1 Å². The van der Waals surface area contributed by atoms with E-state index in [1.807, 2.05) is 11.9 Å². The predicted octanol–water partition coefficient (Wildman–Crippen LogP) is 1.25. The van der Waals surface area contributed by atoms with Crippen molar-refractivity contribution in [3.63, 3.8) is 0 Å². The van der Waals surface area contributed by atoms with E-state index < -0.39 is 11.8 Å². The van der Waals surface area contributed by atoms with Crippen molar-refractivity contribution in [2.75, 3.05) is 43.9 Å². The Hall–Kier alpha value is -1.82. The summed E-state index contributed by atoms with van der Waals surface area (Å²) < 4.78 is 13.7. The van der Waals surface area contributed by atoms with Crippen molar-refractivity contribution in [3.8, 4) is 0 Å². The van der Waals surface area contributed by atoms with E-state index in [0.29, 0.717) is 11.4 Å². The number of hydrogen-bond donors (Lipinski definition) is 2. The van der Waals surface area contributed by atoms with Crippen molar-refractivity contribution in [1.29, 1.82) is 0 Å². The van der Waals surface area contributed by atoms with Crippen LogP contribution in [-0.2, 0) is 0 Å². The summed E-state index contributed by atoms with van der Waals surface area (Å²) in [6.07, 6.45) is 0.970. The van der Waals surface area contributed by atoms with E-state index in [0.717, 1.165) is 32.6 Å². The molecule has 0 amide bonds. The zero-order chi connectivity index (χ0) is 14.0. The largest absolute Gasteiger partial charge is 0.478 e.